The van der Waals surface area contributed by atoms with Gasteiger partial charge in [-0.25, -0.2) is 5.01 Å². The van der Waals surface area contributed by atoms with Crippen LogP contribution in [0.15, 0.2) is 69.7 Å². The van der Waals surface area contributed by atoms with Gasteiger partial charge in [0.2, 0.25) is 0 Å². The fraction of sp³-hybridized carbons (Fsp3) is 0.261. The Morgan fingerprint density at radius 2 is 2.09 bits per heavy atom. The van der Waals surface area contributed by atoms with Crippen molar-refractivity contribution in [1.29, 1.82) is 0 Å². The van der Waals surface area contributed by atoms with Crippen LogP contribution in [-0.4, -0.2) is 54.2 Å². The van der Waals surface area contributed by atoms with Gasteiger partial charge >= 0.3 is 0 Å². The van der Waals surface area contributed by atoms with Gasteiger partial charge in [-0.3, -0.25) is 9.59 Å². The Morgan fingerprint density at radius 3 is 2.78 bits per heavy atom. The van der Waals surface area contributed by atoms with Gasteiger partial charge < -0.3 is 14.1 Å². The first-order valence-corrected chi connectivity index (χ1v) is 11.3. The number of hydrogen-bond donors (Lipinski definition) is 0. The average Bonchev–Trinajstić information content (AvgIpc) is 3.57. The highest BCUT2D eigenvalue weighted by molar-refractivity contribution is 7.12. The maximum atomic E-state index is 13.4. The van der Waals surface area contributed by atoms with Crippen LogP contribution in [0.3, 0.4) is 0 Å². The van der Waals surface area contributed by atoms with Crippen molar-refractivity contribution in [2.45, 2.75) is 12.5 Å². The number of halogens is 1. The quantitative estimate of drug-likeness (QED) is 0.486. The molecule has 0 fully saturated rings. The Labute approximate surface area is 194 Å². The van der Waals surface area contributed by atoms with Crippen molar-refractivity contribution in [3.63, 3.8) is 0 Å². The first-order valence-electron chi connectivity index (χ1n) is 10.1. The van der Waals surface area contributed by atoms with E-state index >= 15 is 0 Å². The van der Waals surface area contributed by atoms with Gasteiger partial charge in [-0.15, -0.1) is 11.3 Å². The SMILES string of the molecule is COCCN(CC(=O)N1N=C(c2cccs2)C[C@H]1c1ccccc1Cl)C(=O)c1ccco1. The van der Waals surface area contributed by atoms with Crippen LogP contribution in [0, 0.1) is 0 Å². The molecule has 1 atom stereocenters. The van der Waals surface area contributed by atoms with E-state index in [0.717, 1.165) is 16.2 Å². The maximum absolute atomic E-state index is 13.4. The van der Waals surface area contributed by atoms with Crippen molar-refractivity contribution in [1.82, 2.24) is 9.91 Å². The Hall–Kier alpha value is -2.94. The number of benzene rings is 1. The van der Waals surface area contributed by atoms with Crippen molar-refractivity contribution in [2.75, 3.05) is 26.8 Å². The molecule has 1 aliphatic heterocycles. The summed E-state index contributed by atoms with van der Waals surface area (Å²) in [4.78, 5) is 28.7. The molecule has 0 radical (unpaired) electrons. The highest BCUT2D eigenvalue weighted by atomic mass is 35.5. The van der Waals surface area contributed by atoms with E-state index in [2.05, 4.69) is 5.10 Å². The van der Waals surface area contributed by atoms with E-state index in [1.807, 2.05) is 35.7 Å². The summed E-state index contributed by atoms with van der Waals surface area (Å²) in [5.74, 6) is -0.519. The molecule has 1 aromatic carbocycles. The lowest BCUT2D eigenvalue weighted by molar-refractivity contribution is -0.133. The summed E-state index contributed by atoms with van der Waals surface area (Å²) in [6.07, 6.45) is 1.97. The molecule has 3 heterocycles. The van der Waals surface area contributed by atoms with Crippen molar-refractivity contribution >= 4 is 40.5 Å². The zero-order chi connectivity index (χ0) is 22.5. The third-order valence-electron chi connectivity index (χ3n) is 5.15. The number of methoxy groups -OCH3 is 1. The first kappa shape index (κ1) is 22.3. The predicted octanol–water partition coefficient (Wildman–Crippen LogP) is 4.46. The van der Waals surface area contributed by atoms with Gasteiger partial charge in [0.05, 0.1) is 29.5 Å². The Balaban J connectivity index is 1.61. The highest BCUT2D eigenvalue weighted by Gasteiger charge is 2.35. The monoisotopic (exact) mass is 471 g/mol. The zero-order valence-electron chi connectivity index (χ0n) is 17.4. The van der Waals surface area contributed by atoms with Gasteiger partial charge in [0.15, 0.2) is 5.76 Å². The lowest BCUT2D eigenvalue weighted by atomic mass is 10.0. The molecule has 2 aromatic heterocycles. The van der Waals surface area contributed by atoms with Gasteiger partial charge in [0, 0.05) is 25.1 Å². The fourth-order valence-electron chi connectivity index (χ4n) is 3.57. The number of thiophene rings is 1. The van der Waals surface area contributed by atoms with Crippen LogP contribution in [0.2, 0.25) is 5.02 Å². The molecule has 0 spiro atoms. The number of carbonyl (C=O) groups excluding carboxylic acids is 2. The largest absolute Gasteiger partial charge is 0.459 e. The summed E-state index contributed by atoms with van der Waals surface area (Å²) in [6, 6.07) is 14.2. The molecule has 3 aromatic rings. The number of nitrogens with zero attached hydrogens (tertiary/aromatic N) is 3. The molecule has 0 saturated carbocycles. The molecule has 9 heteroatoms. The normalized spacial score (nSPS) is 15.6. The van der Waals surface area contributed by atoms with Crippen LogP contribution in [-0.2, 0) is 9.53 Å². The second kappa shape index (κ2) is 10.1. The number of amides is 2. The number of hydrazone groups is 1. The number of hydrogen-bond acceptors (Lipinski definition) is 6. The third-order valence-corrected chi connectivity index (χ3v) is 6.41. The van der Waals surface area contributed by atoms with Gasteiger partial charge in [0.25, 0.3) is 11.8 Å². The van der Waals surface area contributed by atoms with Crippen LogP contribution in [0.25, 0.3) is 0 Å². The highest BCUT2D eigenvalue weighted by Crippen LogP contribution is 2.37. The minimum atomic E-state index is -0.378. The van der Waals surface area contributed by atoms with Crippen LogP contribution in [0.5, 0.6) is 0 Å². The molecule has 1 aliphatic rings. The summed E-state index contributed by atoms with van der Waals surface area (Å²) < 4.78 is 10.4. The molecule has 0 N–H and O–H groups in total. The van der Waals surface area contributed by atoms with Crippen molar-refractivity contribution < 1.29 is 18.7 Å². The van der Waals surface area contributed by atoms with Gasteiger partial charge in [0.1, 0.15) is 6.54 Å². The summed E-state index contributed by atoms with van der Waals surface area (Å²) >= 11 is 8.03. The van der Waals surface area contributed by atoms with Crippen LogP contribution in [0.4, 0.5) is 0 Å². The Morgan fingerprint density at radius 1 is 1.25 bits per heavy atom. The number of furan rings is 1. The maximum Gasteiger partial charge on any atom is 0.290 e. The summed E-state index contributed by atoms with van der Waals surface area (Å²) in [7, 11) is 1.54. The average molecular weight is 472 g/mol. The van der Waals surface area contributed by atoms with E-state index in [-0.39, 0.29) is 43.3 Å². The van der Waals surface area contributed by atoms with Gasteiger partial charge in [-0.05, 0) is 35.2 Å². The molecular formula is C23H22ClN3O4S. The van der Waals surface area contributed by atoms with Crippen molar-refractivity contribution in [3.8, 4) is 0 Å². The summed E-state index contributed by atoms with van der Waals surface area (Å²) in [5.41, 5.74) is 1.64. The lowest BCUT2D eigenvalue weighted by Gasteiger charge is -2.26. The first-order chi connectivity index (χ1) is 15.6. The van der Waals surface area contributed by atoms with Crippen LogP contribution in [0.1, 0.15) is 33.5 Å². The molecule has 32 heavy (non-hydrogen) atoms. The second-order valence-corrected chi connectivity index (χ2v) is 8.56. The predicted molar refractivity (Wildman–Crippen MR) is 123 cm³/mol. The Kier molecular flexibility index (Phi) is 7.04. The van der Waals surface area contributed by atoms with E-state index < -0.39 is 0 Å². The summed E-state index contributed by atoms with van der Waals surface area (Å²) in [5, 5.41) is 8.64. The molecule has 4 rings (SSSR count). The molecule has 7 nitrogen and oxygen atoms in total. The molecule has 0 bridgehead atoms. The second-order valence-electron chi connectivity index (χ2n) is 7.20. The molecule has 0 saturated heterocycles. The third kappa shape index (κ3) is 4.77. The van der Waals surface area contributed by atoms with Crippen LogP contribution < -0.4 is 0 Å². The fourth-order valence-corrected chi connectivity index (χ4v) is 4.55. The van der Waals surface area contributed by atoms with E-state index in [0.29, 0.717) is 11.4 Å². The summed E-state index contributed by atoms with van der Waals surface area (Å²) in [6.45, 7) is 0.371. The minimum absolute atomic E-state index is 0.162. The molecule has 0 aliphatic carbocycles. The van der Waals surface area contributed by atoms with E-state index in [9.17, 15) is 9.59 Å². The lowest BCUT2D eigenvalue weighted by Crippen LogP contribution is -2.42. The zero-order valence-corrected chi connectivity index (χ0v) is 19.0. The molecule has 0 unspecified atom stereocenters. The number of carbonyl (C=O) groups is 2. The van der Waals surface area contributed by atoms with E-state index in [1.54, 1.807) is 36.6 Å². The smallest absolute Gasteiger partial charge is 0.290 e. The van der Waals surface area contributed by atoms with Crippen molar-refractivity contribution in [2.24, 2.45) is 5.10 Å². The molecule has 2 amide bonds. The molecule has 166 valence electrons. The van der Waals surface area contributed by atoms with Crippen LogP contribution >= 0.6 is 22.9 Å². The topological polar surface area (TPSA) is 75.3 Å². The number of rotatable bonds is 8. The van der Waals surface area contributed by atoms with Gasteiger partial charge in [-0.1, -0.05) is 35.9 Å². The van der Waals surface area contributed by atoms with Gasteiger partial charge in [-0.2, -0.15) is 5.10 Å². The minimum Gasteiger partial charge on any atom is -0.459 e. The Bertz CT molecular complexity index is 1100. The standard InChI is InChI=1S/C23H22ClN3O4S/c1-30-12-10-26(23(29)20-8-4-11-31-20)15-22(28)27-19(16-6-2-3-7-17(16)24)14-18(25-27)21-9-5-13-32-21/h2-9,11,13,19H,10,12,14-15H2,1H3/t19-/m0/s1. The van der Waals surface area contributed by atoms with Crippen molar-refractivity contribution in [3.05, 3.63) is 81.4 Å². The van der Waals surface area contributed by atoms with E-state index in [1.165, 1.54) is 16.2 Å². The number of ether oxygens (including phenoxy) is 1. The molecular weight excluding hydrogens is 450 g/mol. The van der Waals surface area contributed by atoms with E-state index in [4.69, 9.17) is 20.8 Å².